The van der Waals surface area contributed by atoms with E-state index in [-0.39, 0.29) is 0 Å². The largest absolute Gasteiger partial charge is 0.473 e. The summed E-state index contributed by atoms with van der Waals surface area (Å²) in [4.78, 5) is 14.7. The molecule has 0 spiro atoms. The van der Waals surface area contributed by atoms with E-state index in [0.717, 1.165) is 24.0 Å². The maximum absolute atomic E-state index is 10.5. The first-order chi connectivity index (χ1) is 7.99. The molecule has 1 N–H and O–H groups in total. The molecule has 0 bridgehead atoms. The first-order valence-corrected chi connectivity index (χ1v) is 9.60. The van der Waals surface area contributed by atoms with E-state index in [1.54, 1.807) is 12.3 Å². The second-order valence-corrected chi connectivity index (χ2v) is 10.4. The number of hydrogen-bond acceptors (Lipinski definition) is 4. The Balaban J connectivity index is 2.15. The summed E-state index contributed by atoms with van der Waals surface area (Å²) in [6.07, 6.45) is 3.05. The van der Waals surface area contributed by atoms with Gasteiger partial charge in [0.15, 0.2) is 8.24 Å². The maximum atomic E-state index is 10.5. The van der Waals surface area contributed by atoms with Gasteiger partial charge in [-0.05, 0) is 24.6 Å². The van der Waals surface area contributed by atoms with Crippen molar-refractivity contribution in [2.75, 3.05) is 11.1 Å². The molecule has 4 nitrogen and oxygen atoms in total. The van der Waals surface area contributed by atoms with Crippen LogP contribution in [0.15, 0.2) is 23.4 Å². The number of rotatable bonds is 2. The molecule has 1 aromatic heterocycles. The van der Waals surface area contributed by atoms with E-state index >= 15 is 0 Å². The van der Waals surface area contributed by atoms with Gasteiger partial charge in [-0.25, -0.2) is 9.78 Å². The topological polar surface area (TPSA) is 53.4 Å². The maximum Gasteiger partial charge on any atom is 0.371 e. The van der Waals surface area contributed by atoms with Crippen molar-refractivity contribution >= 4 is 31.0 Å². The van der Waals surface area contributed by atoms with Gasteiger partial charge in [0, 0.05) is 24.0 Å². The minimum absolute atomic E-state index is 0.542. The Hall–Kier alpha value is -1.01. The molecule has 0 aromatic carbocycles. The Morgan fingerprint density at radius 1 is 1.53 bits per heavy atom. The Kier molecular flexibility index (Phi) is 3.44. The lowest BCUT2D eigenvalue weighted by atomic mass is 10.4. The van der Waals surface area contributed by atoms with Crippen LogP contribution >= 0.6 is 11.8 Å². The molecular formula is C11H16N2O2SSi. The minimum Gasteiger partial charge on any atom is -0.473 e. The van der Waals surface area contributed by atoms with Crippen LogP contribution in [0.3, 0.4) is 0 Å². The van der Waals surface area contributed by atoms with Crippen LogP contribution in [0.25, 0.3) is 0 Å². The highest BCUT2D eigenvalue weighted by Gasteiger charge is 2.34. The van der Waals surface area contributed by atoms with Crippen molar-refractivity contribution in [2.45, 2.75) is 30.6 Å². The van der Waals surface area contributed by atoms with Crippen molar-refractivity contribution in [3.63, 3.8) is 0 Å². The number of thioether (sulfide) groups is 1. The summed E-state index contributed by atoms with van der Waals surface area (Å²) in [5, 5.41) is 8.28. The van der Waals surface area contributed by atoms with E-state index in [9.17, 15) is 4.79 Å². The van der Waals surface area contributed by atoms with Crippen molar-refractivity contribution in [1.29, 1.82) is 0 Å². The Labute approximate surface area is 106 Å². The molecule has 2 rings (SSSR count). The van der Waals surface area contributed by atoms with E-state index in [2.05, 4.69) is 22.6 Å². The first kappa shape index (κ1) is 12.4. The van der Waals surface area contributed by atoms with Crippen LogP contribution in [0.2, 0.25) is 19.1 Å². The second kappa shape index (κ2) is 4.70. The molecule has 0 saturated carbocycles. The highest BCUT2D eigenvalue weighted by atomic mass is 32.2. The predicted octanol–water partition coefficient (Wildman–Crippen LogP) is 3.27. The van der Waals surface area contributed by atoms with Crippen molar-refractivity contribution < 1.29 is 9.90 Å². The molecule has 0 amide bonds. The number of hydrogen-bond donors (Lipinski definition) is 1. The lowest BCUT2D eigenvalue weighted by molar-refractivity contribution is 0.222. The summed E-state index contributed by atoms with van der Waals surface area (Å²) in [6, 6.07) is 5.09. The molecular weight excluding hydrogens is 252 g/mol. The summed E-state index contributed by atoms with van der Waals surface area (Å²) in [5.41, 5.74) is 1.13. The fraction of sp³-hybridized carbons (Fsp3) is 0.455. The molecule has 1 fully saturated rings. The van der Waals surface area contributed by atoms with Gasteiger partial charge >= 0.3 is 5.30 Å². The number of carbonyl (C=O) groups is 1. The van der Waals surface area contributed by atoms with Crippen LogP contribution in [0.5, 0.6) is 0 Å². The van der Waals surface area contributed by atoms with Gasteiger partial charge in [0.2, 0.25) is 0 Å². The van der Waals surface area contributed by atoms with Crippen LogP contribution in [-0.2, 0) is 0 Å². The van der Waals surface area contributed by atoms with Crippen LogP contribution in [0, 0.1) is 0 Å². The molecule has 1 aliphatic rings. The smallest absolute Gasteiger partial charge is 0.371 e. The predicted molar refractivity (Wildman–Crippen MR) is 72.4 cm³/mol. The Bertz CT molecular complexity index is 422. The minimum atomic E-state index is -1.29. The molecule has 1 aliphatic heterocycles. The molecule has 6 heteroatoms. The molecule has 1 saturated heterocycles. The average molecular weight is 268 g/mol. The zero-order valence-electron chi connectivity index (χ0n) is 10.0. The third kappa shape index (κ3) is 2.81. The normalized spacial score (nSPS) is 18.4. The fourth-order valence-electron chi connectivity index (χ4n) is 2.27. The summed E-state index contributed by atoms with van der Waals surface area (Å²) < 4.78 is 2.47. The van der Waals surface area contributed by atoms with Gasteiger partial charge in [0.1, 0.15) is 5.03 Å². The quantitative estimate of drug-likeness (QED) is 0.659. The summed E-state index contributed by atoms with van der Waals surface area (Å²) in [6.45, 7) is 5.83. The lowest BCUT2D eigenvalue weighted by Gasteiger charge is -2.31. The lowest BCUT2D eigenvalue weighted by Crippen LogP contribution is -2.43. The van der Waals surface area contributed by atoms with Crippen molar-refractivity contribution in [2.24, 2.45) is 0 Å². The third-order valence-electron chi connectivity index (χ3n) is 3.13. The van der Waals surface area contributed by atoms with E-state index in [1.165, 1.54) is 12.5 Å². The summed E-state index contributed by atoms with van der Waals surface area (Å²) in [7, 11) is -1.29. The fourth-order valence-corrected chi connectivity index (χ4v) is 5.58. The first-order valence-electron chi connectivity index (χ1n) is 5.63. The van der Waals surface area contributed by atoms with Gasteiger partial charge in [0.25, 0.3) is 0 Å². The molecule has 2 heterocycles. The van der Waals surface area contributed by atoms with Crippen molar-refractivity contribution in [3.8, 4) is 0 Å². The van der Waals surface area contributed by atoms with Gasteiger partial charge in [0.05, 0.1) is 6.20 Å². The summed E-state index contributed by atoms with van der Waals surface area (Å²) in [5.74, 6) is 0. The zero-order valence-corrected chi connectivity index (χ0v) is 11.8. The number of aromatic nitrogens is 1. The summed E-state index contributed by atoms with van der Waals surface area (Å²) >= 11 is 0.748. The Morgan fingerprint density at radius 3 is 2.76 bits per heavy atom. The standard InChI is InChI=1S/C11H16N2O2SSi/c1-17(2)7-3-6-13(17)9-4-5-10(12-8-9)16-11(14)15/h4-5,8H,3,6-7H2,1-2H3,(H,14,15). The average Bonchev–Trinajstić information content (AvgIpc) is 2.58. The highest BCUT2D eigenvalue weighted by Crippen LogP contribution is 2.31. The van der Waals surface area contributed by atoms with Gasteiger partial charge in [-0.3, -0.25) is 0 Å². The van der Waals surface area contributed by atoms with E-state index in [4.69, 9.17) is 5.11 Å². The Morgan fingerprint density at radius 2 is 2.29 bits per heavy atom. The molecule has 92 valence electrons. The molecule has 17 heavy (non-hydrogen) atoms. The third-order valence-corrected chi connectivity index (χ3v) is 7.27. The number of carboxylic acid groups (broad SMARTS) is 1. The van der Waals surface area contributed by atoms with Crippen molar-refractivity contribution in [1.82, 2.24) is 4.98 Å². The molecule has 0 atom stereocenters. The second-order valence-electron chi connectivity index (χ2n) is 4.79. The van der Waals surface area contributed by atoms with E-state index in [0.29, 0.717) is 5.03 Å². The molecule has 1 aromatic rings. The van der Waals surface area contributed by atoms with E-state index in [1.807, 2.05) is 6.07 Å². The number of anilines is 1. The molecule has 0 radical (unpaired) electrons. The van der Waals surface area contributed by atoms with Gasteiger partial charge in [-0.15, -0.1) is 0 Å². The monoisotopic (exact) mass is 268 g/mol. The van der Waals surface area contributed by atoms with Crippen LogP contribution in [-0.4, -0.2) is 30.2 Å². The zero-order chi connectivity index (χ0) is 12.5. The van der Waals surface area contributed by atoms with Crippen LogP contribution < -0.4 is 4.57 Å². The number of nitrogens with zero attached hydrogens (tertiary/aromatic N) is 2. The molecule has 0 aliphatic carbocycles. The van der Waals surface area contributed by atoms with E-state index < -0.39 is 13.5 Å². The van der Waals surface area contributed by atoms with Gasteiger partial charge in [-0.2, -0.15) is 0 Å². The van der Waals surface area contributed by atoms with Crippen LogP contribution in [0.4, 0.5) is 10.5 Å². The highest BCUT2D eigenvalue weighted by molar-refractivity contribution is 8.13. The van der Waals surface area contributed by atoms with Gasteiger partial charge in [-0.1, -0.05) is 13.1 Å². The van der Waals surface area contributed by atoms with Crippen LogP contribution in [0.1, 0.15) is 6.42 Å². The molecule has 0 unspecified atom stereocenters. The SMILES string of the molecule is C[Si]1(C)CCCN1c1ccc(SC(=O)O)nc1. The van der Waals surface area contributed by atoms with Gasteiger partial charge < -0.3 is 9.67 Å². The van der Waals surface area contributed by atoms with Crippen molar-refractivity contribution in [3.05, 3.63) is 18.3 Å². The number of pyridine rings is 1.